The average Bonchev–Trinajstić information content (AvgIpc) is 1.99. The fourth-order valence-corrected chi connectivity index (χ4v) is 2.13. The van der Waals surface area contributed by atoms with Gasteiger partial charge in [0.15, 0.2) is 0 Å². The molecule has 0 nitrogen and oxygen atoms in total. The van der Waals surface area contributed by atoms with E-state index < -0.39 is 6.17 Å². The van der Waals surface area contributed by atoms with Crippen LogP contribution in [0.2, 0.25) is 0 Å². The predicted molar refractivity (Wildman–Crippen MR) is 51.0 cm³/mol. The summed E-state index contributed by atoms with van der Waals surface area (Å²) in [6.07, 6.45) is 7.14. The van der Waals surface area contributed by atoms with E-state index in [0.29, 0.717) is 0 Å². The summed E-state index contributed by atoms with van der Waals surface area (Å²) in [6.45, 7) is 4.40. The molecule has 0 spiro atoms. The summed E-state index contributed by atoms with van der Waals surface area (Å²) >= 11 is 0. The summed E-state index contributed by atoms with van der Waals surface area (Å²) in [7, 11) is 0. The molecule has 0 bridgehead atoms. The number of halogens is 1. The SMILES string of the molecule is CC1(C)CCCCCCC(F)C1. The van der Waals surface area contributed by atoms with Crippen molar-refractivity contribution in [3.63, 3.8) is 0 Å². The second kappa shape index (κ2) is 4.25. The van der Waals surface area contributed by atoms with Crippen LogP contribution in [0.3, 0.4) is 0 Å². The number of rotatable bonds is 0. The van der Waals surface area contributed by atoms with Gasteiger partial charge in [-0.2, -0.15) is 0 Å². The second-order valence-corrected chi connectivity index (χ2v) is 4.92. The molecule has 1 aliphatic rings. The van der Waals surface area contributed by atoms with Crippen molar-refractivity contribution < 1.29 is 4.39 Å². The third-order valence-electron chi connectivity index (χ3n) is 2.89. The van der Waals surface area contributed by atoms with Crippen LogP contribution in [0.4, 0.5) is 4.39 Å². The molecule has 0 N–H and O–H groups in total. The van der Waals surface area contributed by atoms with Gasteiger partial charge >= 0.3 is 0 Å². The number of hydrogen-bond donors (Lipinski definition) is 0. The molecule has 0 heterocycles. The third-order valence-corrected chi connectivity index (χ3v) is 2.89. The molecule has 1 heteroatoms. The molecule has 1 rings (SSSR count). The summed E-state index contributed by atoms with van der Waals surface area (Å²) in [6, 6.07) is 0. The maximum absolute atomic E-state index is 13.3. The van der Waals surface area contributed by atoms with E-state index in [1.165, 1.54) is 25.7 Å². The molecule has 1 atom stereocenters. The smallest absolute Gasteiger partial charge is 0.101 e. The molecule has 1 fully saturated rings. The molecule has 0 aliphatic heterocycles. The van der Waals surface area contributed by atoms with Gasteiger partial charge in [0.1, 0.15) is 6.17 Å². The maximum atomic E-state index is 13.3. The number of alkyl halides is 1. The zero-order chi connectivity index (χ0) is 9.03. The highest BCUT2D eigenvalue weighted by atomic mass is 19.1. The maximum Gasteiger partial charge on any atom is 0.101 e. The average molecular weight is 172 g/mol. The lowest BCUT2D eigenvalue weighted by molar-refractivity contribution is 0.191. The molecule has 72 valence electrons. The first-order chi connectivity index (χ1) is 5.60. The summed E-state index contributed by atoms with van der Waals surface area (Å²) in [5, 5.41) is 0. The van der Waals surface area contributed by atoms with Crippen LogP contribution in [0.1, 0.15) is 58.8 Å². The predicted octanol–water partition coefficient (Wildman–Crippen LogP) is 4.10. The minimum absolute atomic E-state index is 0.240. The van der Waals surface area contributed by atoms with E-state index in [4.69, 9.17) is 0 Å². The van der Waals surface area contributed by atoms with Crippen LogP contribution in [0, 0.1) is 5.41 Å². The van der Waals surface area contributed by atoms with E-state index in [9.17, 15) is 4.39 Å². The second-order valence-electron chi connectivity index (χ2n) is 4.92. The largest absolute Gasteiger partial charge is 0.247 e. The minimum atomic E-state index is -0.543. The Hall–Kier alpha value is -0.0700. The highest BCUT2D eigenvalue weighted by Gasteiger charge is 2.23. The molecule has 0 aromatic rings. The first-order valence-corrected chi connectivity index (χ1v) is 5.24. The van der Waals surface area contributed by atoms with Crippen molar-refractivity contribution in [3.05, 3.63) is 0 Å². The number of hydrogen-bond acceptors (Lipinski definition) is 0. The topological polar surface area (TPSA) is 0 Å². The van der Waals surface area contributed by atoms with Crippen molar-refractivity contribution in [3.8, 4) is 0 Å². The summed E-state index contributed by atoms with van der Waals surface area (Å²) < 4.78 is 13.3. The van der Waals surface area contributed by atoms with Crippen molar-refractivity contribution >= 4 is 0 Å². The zero-order valence-electron chi connectivity index (χ0n) is 8.41. The van der Waals surface area contributed by atoms with Gasteiger partial charge in [0, 0.05) is 0 Å². The normalized spacial score (nSPS) is 31.8. The molecule has 0 aromatic heterocycles. The van der Waals surface area contributed by atoms with Gasteiger partial charge < -0.3 is 0 Å². The van der Waals surface area contributed by atoms with Crippen LogP contribution < -0.4 is 0 Å². The highest BCUT2D eigenvalue weighted by Crippen LogP contribution is 2.33. The van der Waals surface area contributed by atoms with Gasteiger partial charge in [-0.05, 0) is 24.7 Å². The Kier molecular flexibility index (Phi) is 3.54. The molecule has 0 amide bonds. The van der Waals surface area contributed by atoms with Crippen LogP contribution in [-0.2, 0) is 0 Å². The van der Waals surface area contributed by atoms with Crippen LogP contribution in [-0.4, -0.2) is 6.17 Å². The van der Waals surface area contributed by atoms with E-state index >= 15 is 0 Å². The first kappa shape index (κ1) is 10.0. The lowest BCUT2D eigenvalue weighted by Crippen LogP contribution is -2.17. The Morgan fingerprint density at radius 1 is 1.08 bits per heavy atom. The molecule has 0 aromatic carbocycles. The molecule has 0 radical (unpaired) electrons. The fraction of sp³-hybridized carbons (Fsp3) is 1.00. The molecule has 12 heavy (non-hydrogen) atoms. The van der Waals surface area contributed by atoms with Gasteiger partial charge in [-0.15, -0.1) is 0 Å². The zero-order valence-corrected chi connectivity index (χ0v) is 8.41. The summed E-state index contributed by atoms with van der Waals surface area (Å²) in [5.74, 6) is 0. The van der Waals surface area contributed by atoms with Gasteiger partial charge in [-0.3, -0.25) is 0 Å². The van der Waals surface area contributed by atoms with E-state index in [1.807, 2.05) is 0 Å². The molecule has 0 saturated heterocycles. The Balaban J connectivity index is 2.44. The van der Waals surface area contributed by atoms with Gasteiger partial charge in [-0.25, -0.2) is 4.39 Å². The standard InChI is InChI=1S/C11H21F/c1-11(2)8-6-4-3-5-7-10(12)9-11/h10H,3-9H2,1-2H3. The van der Waals surface area contributed by atoms with Crippen LogP contribution >= 0.6 is 0 Å². The van der Waals surface area contributed by atoms with E-state index in [2.05, 4.69) is 13.8 Å². The quantitative estimate of drug-likeness (QED) is 0.516. The van der Waals surface area contributed by atoms with Gasteiger partial charge in [0.2, 0.25) is 0 Å². The van der Waals surface area contributed by atoms with Gasteiger partial charge in [0.05, 0.1) is 0 Å². The summed E-state index contributed by atoms with van der Waals surface area (Å²) in [5.41, 5.74) is 0.240. The third kappa shape index (κ3) is 3.55. The van der Waals surface area contributed by atoms with Crippen molar-refractivity contribution in [1.29, 1.82) is 0 Å². The van der Waals surface area contributed by atoms with Crippen LogP contribution in [0.15, 0.2) is 0 Å². The van der Waals surface area contributed by atoms with E-state index in [1.54, 1.807) is 0 Å². The fourth-order valence-electron chi connectivity index (χ4n) is 2.13. The first-order valence-electron chi connectivity index (χ1n) is 5.24. The van der Waals surface area contributed by atoms with Crippen molar-refractivity contribution in [2.24, 2.45) is 5.41 Å². The van der Waals surface area contributed by atoms with E-state index in [0.717, 1.165) is 19.3 Å². The monoisotopic (exact) mass is 172 g/mol. The van der Waals surface area contributed by atoms with Crippen molar-refractivity contribution in [2.45, 2.75) is 65.0 Å². The molecule has 1 unspecified atom stereocenters. The summed E-state index contributed by atoms with van der Waals surface area (Å²) in [4.78, 5) is 0. The molecular weight excluding hydrogens is 151 g/mol. The molecule has 1 aliphatic carbocycles. The van der Waals surface area contributed by atoms with Crippen LogP contribution in [0.25, 0.3) is 0 Å². The Morgan fingerprint density at radius 2 is 1.75 bits per heavy atom. The Bertz CT molecular complexity index is 129. The van der Waals surface area contributed by atoms with Gasteiger partial charge in [-0.1, -0.05) is 39.5 Å². The lowest BCUT2D eigenvalue weighted by atomic mass is 9.82. The highest BCUT2D eigenvalue weighted by molar-refractivity contribution is 4.75. The molecular formula is C11H21F. The Morgan fingerprint density at radius 3 is 2.50 bits per heavy atom. The molecule has 1 saturated carbocycles. The van der Waals surface area contributed by atoms with Gasteiger partial charge in [0.25, 0.3) is 0 Å². The van der Waals surface area contributed by atoms with Crippen molar-refractivity contribution in [1.82, 2.24) is 0 Å². The van der Waals surface area contributed by atoms with E-state index in [-0.39, 0.29) is 5.41 Å². The van der Waals surface area contributed by atoms with Crippen molar-refractivity contribution in [2.75, 3.05) is 0 Å². The minimum Gasteiger partial charge on any atom is -0.247 e. The van der Waals surface area contributed by atoms with Crippen LogP contribution in [0.5, 0.6) is 0 Å². The Labute approximate surface area is 75.5 Å². The lowest BCUT2D eigenvalue weighted by Gasteiger charge is -2.25.